The van der Waals surface area contributed by atoms with Crippen LogP contribution in [0.3, 0.4) is 0 Å². The van der Waals surface area contributed by atoms with Gasteiger partial charge in [-0.3, -0.25) is 4.79 Å². The number of benzene rings is 2. The van der Waals surface area contributed by atoms with Crippen LogP contribution in [-0.4, -0.2) is 16.0 Å². The van der Waals surface area contributed by atoms with E-state index < -0.39 is 0 Å². The number of carbonyl (C=O) groups is 1. The first-order valence-corrected chi connectivity index (χ1v) is 7.39. The van der Waals surface area contributed by atoms with Crippen molar-refractivity contribution < 1.29 is 9.32 Å². The standard InChI is InChI=1S/C16H12BrN3O2/c1-10-18-16(22-20-10)11-5-7-14(8-6-11)19-15(21)12-3-2-4-13(17)9-12/h2-9H,1H3,(H,19,21). The first-order valence-electron chi connectivity index (χ1n) is 6.59. The summed E-state index contributed by atoms with van der Waals surface area (Å²) in [6.45, 7) is 1.76. The van der Waals surface area contributed by atoms with Crippen LogP contribution in [0.25, 0.3) is 11.5 Å². The van der Waals surface area contributed by atoms with Crippen molar-refractivity contribution in [2.45, 2.75) is 6.92 Å². The molecule has 0 aliphatic rings. The molecule has 0 saturated carbocycles. The summed E-state index contributed by atoms with van der Waals surface area (Å²) in [5.74, 6) is 0.882. The molecule has 0 bridgehead atoms. The predicted octanol–water partition coefficient (Wildman–Crippen LogP) is 4.06. The van der Waals surface area contributed by atoms with E-state index in [1.165, 1.54) is 0 Å². The average molecular weight is 358 g/mol. The molecule has 1 N–H and O–H groups in total. The minimum Gasteiger partial charge on any atom is -0.334 e. The van der Waals surface area contributed by atoms with Gasteiger partial charge in [-0.05, 0) is 49.4 Å². The van der Waals surface area contributed by atoms with Crippen LogP contribution in [0.5, 0.6) is 0 Å². The summed E-state index contributed by atoms with van der Waals surface area (Å²) in [6.07, 6.45) is 0. The van der Waals surface area contributed by atoms with Crippen molar-refractivity contribution in [1.82, 2.24) is 10.1 Å². The summed E-state index contributed by atoms with van der Waals surface area (Å²) >= 11 is 3.35. The monoisotopic (exact) mass is 357 g/mol. The first kappa shape index (κ1) is 14.5. The first-order chi connectivity index (χ1) is 10.6. The van der Waals surface area contributed by atoms with E-state index in [0.29, 0.717) is 23.0 Å². The molecule has 6 heteroatoms. The van der Waals surface area contributed by atoms with E-state index >= 15 is 0 Å². The third kappa shape index (κ3) is 3.23. The zero-order chi connectivity index (χ0) is 15.5. The Labute approximate surface area is 135 Å². The summed E-state index contributed by atoms with van der Waals surface area (Å²) in [7, 11) is 0. The lowest BCUT2D eigenvalue weighted by atomic mass is 10.2. The number of nitrogens with one attached hydrogen (secondary N) is 1. The molecule has 0 fully saturated rings. The largest absolute Gasteiger partial charge is 0.334 e. The maximum Gasteiger partial charge on any atom is 0.257 e. The van der Waals surface area contributed by atoms with Gasteiger partial charge in [0.25, 0.3) is 11.8 Å². The van der Waals surface area contributed by atoms with Crippen LogP contribution in [0.4, 0.5) is 5.69 Å². The third-order valence-electron chi connectivity index (χ3n) is 3.00. The van der Waals surface area contributed by atoms with Crippen molar-refractivity contribution >= 4 is 27.5 Å². The number of hydrogen-bond acceptors (Lipinski definition) is 4. The maximum atomic E-state index is 12.2. The second-order valence-corrected chi connectivity index (χ2v) is 5.60. The highest BCUT2D eigenvalue weighted by molar-refractivity contribution is 9.10. The molecule has 1 heterocycles. The van der Waals surface area contributed by atoms with Gasteiger partial charge in [0, 0.05) is 21.3 Å². The van der Waals surface area contributed by atoms with Gasteiger partial charge in [-0.1, -0.05) is 27.2 Å². The molecule has 0 aliphatic heterocycles. The second-order valence-electron chi connectivity index (χ2n) is 4.69. The molecular formula is C16H12BrN3O2. The summed E-state index contributed by atoms with van der Waals surface area (Å²) in [5, 5.41) is 6.59. The van der Waals surface area contributed by atoms with Crippen LogP contribution in [0, 0.1) is 6.92 Å². The van der Waals surface area contributed by atoms with E-state index in [1.54, 1.807) is 31.2 Å². The molecule has 0 radical (unpaired) electrons. The van der Waals surface area contributed by atoms with Gasteiger partial charge in [0.1, 0.15) is 0 Å². The number of nitrogens with zero attached hydrogens (tertiary/aromatic N) is 2. The SMILES string of the molecule is Cc1noc(-c2ccc(NC(=O)c3cccc(Br)c3)cc2)n1. The Hall–Kier alpha value is -2.47. The molecule has 0 saturated heterocycles. The van der Waals surface area contributed by atoms with Crippen LogP contribution in [0.2, 0.25) is 0 Å². The Morgan fingerprint density at radius 1 is 1.18 bits per heavy atom. The highest BCUT2D eigenvalue weighted by atomic mass is 79.9. The van der Waals surface area contributed by atoms with Gasteiger partial charge in [-0.15, -0.1) is 0 Å². The Morgan fingerprint density at radius 2 is 1.95 bits per heavy atom. The molecule has 1 aromatic heterocycles. The van der Waals surface area contributed by atoms with Crippen molar-refractivity contribution in [2.75, 3.05) is 5.32 Å². The topological polar surface area (TPSA) is 68.0 Å². The van der Waals surface area contributed by atoms with Gasteiger partial charge >= 0.3 is 0 Å². The number of amides is 1. The van der Waals surface area contributed by atoms with Crippen LogP contribution in [-0.2, 0) is 0 Å². The Morgan fingerprint density at radius 3 is 2.59 bits per heavy atom. The van der Waals surface area contributed by atoms with E-state index in [-0.39, 0.29) is 5.91 Å². The van der Waals surface area contributed by atoms with Crippen molar-refractivity contribution in [3.8, 4) is 11.5 Å². The summed E-state index contributed by atoms with van der Waals surface area (Å²) < 4.78 is 5.96. The summed E-state index contributed by atoms with van der Waals surface area (Å²) in [5.41, 5.74) is 2.09. The zero-order valence-electron chi connectivity index (χ0n) is 11.7. The van der Waals surface area contributed by atoms with Crippen LogP contribution < -0.4 is 5.32 Å². The highest BCUT2D eigenvalue weighted by Gasteiger charge is 2.08. The summed E-state index contributed by atoms with van der Waals surface area (Å²) in [6, 6.07) is 14.5. The minimum atomic E-state index is -0.164. The van der Waals surface area contributed by atoms with E-state index in [9.17, 15) is 4.79 Å². The van der Waals surface area contributed by atoms with Gasteiger partial charge in [0.05, 0.1) is 0 Å². The van der Waals surface area contributed by atoms with Gasteiger partial charge < -0.3 is 9.84 Å². The fourth-order valence-electron chi connectivity index (χ4n) is 1.94. The minimum absolute atomic E-state index is 0.164. The lowest BCUT2D eigenvalue weighted by Crippen LogP contribution is -2.11. The normalized spacial score (nSPS) is 10.5. The van der Waals surface area contributed by atoms with E-state index in [4.69, 9.17) is 4.52 Å². The van der Waals surface area contributed by atoms with Crippen LogP contribution >= 0.6 is 15.9 Å². The van der Waals surface area contributed by atoms with Crippen LogP contribution in [0.1, 0.15) is 16.2 Å². The molecule has 22 heavy (non-hydrogen) atoms. The van der Waals surface area contributed by atoms with E-state index in [1.807, 2.05) is 24.3 Å². The number of rotatable bonds is 3. The smallest absolute Gasteiger partial charge is 0.257 e. The molecule has 3 rings (SSSR count). The fourth-order valence-corrected chi connectivity index (χ4v) is 2.34. The number of hydrogen-bond donors (Lipinski definition) is 1. The molecule has 3 aromatic rings. The highest BCUT2D eigenvalue weighted by Crippen LogP contribution is 2.20. The molecule has 110 valence electrons. The number of aryl methyl sites for hydroxylation is 1. The van der Waals surface area contributed by atoms with Crippen molar-refractivity contribution in [2.24, 2.45) is 0 Å². The quantitative estimate of drug-likeness (QED) is 0.767. The number of anilines is 1. The second kappa shape index (κ2) is 6.11. The molecule has 0 atom stereocenters. The van der Waals surface area contributed by atoms with E-state index in [2.05, 4.69) is 31.4 Å². The van der Waals surface area contributed by atoms with Crippen molar-refractivity contribution in [3.05, 3.63) is 64.4 Å². The lowest BCUT2D eigenvalue weighted by molar-refractivity contribution is 0.102. The molecule has 1 amide bonds. The third-order valence-corrected chi connectivity index (χ3v) is 3.50. The zero-order valence-corrected chi connectivity index (χ0v) is 13.3. The average Bonchev–Trinajstić information content (AvgIpc) is 2.94. The van der Waals surface area contributed by atoms with Crippen LogP contribution in [0.15, 0.2) is 57.5 Å². The Bertz CT molecular complexity index is 812. The van der Waals surface area contributed by atoms with Crippen molar-refractivity contribution in [1.29, 1.82) is 0 Å². The van der Waals surface area contributed by atoms with Gasteiger partial charge in [-0.2, -0.15) is 4.98 Å². The molecule has 0 aliphatic carbocycles. The predicted molar refractivity (Wildman–Crippen MR) is 86.6 cm³/mol. The van der Waals surface area contributed by atoms with Gasteiger partial charge in [-0.25, -0.2) is 0 Å². The van der Waals surface area contributed by atoms with Gasteiger partial charge in [0.15, 0.2) is 5.82 Å². The molecular weight excluding hydrogens is 346 g/mol. The maximum absolute atomic E-state index is 12.2. The number of halogens is 1. The molecule has 0 spiro atoms. The molecule has 5 nitrogen and oxygen atoms in total. The van der Waals surface area contributed by atoms with Gasteiger partial charge in [0.2, 0.25) is 0 Å². The number of carbonyl (C=O) groups excluding carboxylic acids is 1. The Kier molecular flexibility index (Phi) is 4.02. The summed E-state index contributed by atoms with van der Waals surface area (Å²) in [4.78, 5) is 16.3. The van der Waals surface area contributed by atoms with E-state index in [0.717, 1.165) is 10.0 Å². The fraction of sp³-hybridized carbons (Fsp3) is 0.0625. The molecule has 0 unspecified atom stereocenters. The Balaban J connectivity index is 1.75. The lowest BCUT2D eigenvalue weighted by Gasteiger charge is -2.06. The number of aromatic nitrogens is 2. The molecule has 2 aromatic carbocycles. The van der Waals surface area contributed by atoms with Crippen molar-refractivity contribution in [3.63, 3.8) is 0 Å².